The number of aromatic amines is 1. The quantitative estimate of drug-likeness (QED) is 0.807. The number of ether oxygens (including phenoxy) is 1. The van der Waals surface area contributed by atoms with Gasteiger partial charge >= 0.3 is 0 Å². The highest BCUT2D eigenvalue weighted by Gasteiger charge is 2.02. The van der Waals surface area contributed by atoms with E-state index in [9.17, 15) is 0 Å². The Labute approximate surface area is 93.5 Å². The third-order valence-electron chi connectivity index (χ3n) is 2.25. The lowest BCUT2D eigenvalue weighted by Gasteiger charge is -2.02. The average Bonchev–Trinajstić information content (AvgIpc) is 2.62. The Morgan fingerprint density at radius 3 is 3.27 bits per heavy atom. The van der Waals surface area contributed by atoms with Crippen molar-refractivity contribution in [2.75, 3.05) is 6.61 Å². The predicted molar refractivity (Wildman–Crippen MR) is 64.0 cm³/mol. The maximum Gasteiger partial charge on any atom is 0.156 e. The number of rotatable bonds is 3. The summed E-state index contributed by atoms with van der Waals surface area (Å²) >= 11 is 4.84. The first kappa shape index (κ1) is 10.1. The number of thiocarbonyl (C=S) groups is 1. The number of H-pyrrole nitrogens is 1. The highest BCUT2D eigenvalue weighted by atomic mass is 32.1. The van der Waals surface area contributed by atoms with Gasteiger partial charge in [-0.3, -0.25) is 4.98 Å². The van der Waals surface area contributed by atoms with Crippen LogP contribution in [0.2, 0.25) is 0 Å². The Kier molecular flexibility index (Phi) is 2.97. The van der Waals surface area contributed by atoms with E-state index in [1.54, 1.807) is 13.1 Å². The van der Waals surface area contributed by atoms with E-state index in [2.05, 4.69) is 9.97 Å². The van der Waals surface area contributed by atoms with E-state index >= 15 is 0 Å². The molecule has 2 heterocycles. The topological polar surface area (TPSA) is 37.9 Å². The summed E-state index contributed by atoms with van der Waals surface area (Å²) in [6.07, 6.45) is 6.49. The summed E-state index contributed by atoms with van der Waals surface area (Å²) in [5, 5.41) is 1.75. The number of nitrogens with one attached hydrogen (secondary N) is 1. The van der Waals surface area contributed by atoms with Crippen molar-refractivity contribution in [2.24, 2.45) is 0 Å². The molecule has 0 radical (unpaired) electrons. The van der Waals surface area contributed by atoms with Crippen LogP contribution >= 0.6 is 12.2 Å². The van der Waals surface area contributed by atoms with Crippen molar-refractivity contribution in [1.29, 1.82) is 0 Å². The van der Waals surface area contributed by atoms with E-state index in [0.29, 0.717) is 11.7 Å². The first-order valence-electron chi connectivity index (χ1n) is 4.80. The molecule has 0 saturated heterocycles. The molecule has 3 nitrogen and oxygen atoms in total. The lowest BCUT2D eigenvalue weighted by Crippen LogP contribution is -2.01. The van der Waals surface area contributed by atoms with E-state index in [1.807, 2.05) is 18.5 Å². The first-order valence-corrected chi connectivity index (χ1v) is 5.21. The molecule has 0 aromatic carbocycles. The van der Waals surface area contributed by atoms with Crippen LogP contribution in [0.15, 0.2) is 24.7 Å². The van der Waals surface area contributed by atoms with Crippen molar-refractivity contribution in [1.82, 2.24) is 9.97 Å². The molecule has 0 saturated carbocycles. The van der Waals surface area contributed by atoms with Crippen molar-refractivity contribution >= 4 is 28.2 Å². The molecule has 0 aliphatic carbocycles. The van der Waals surface area contributed by atoms with Gasteiger partial charge in [-0.05, 0) is 23.8 Å². The molecule has 0 bridgehead atoms. The van der Waals surface area contributed by atoms with Gasteiger partial charge in [0.2, 0.25) is 0 Å². The van der Waals surface area contributed by atoms with Crippen LogP contribution in [0.4, 0.5) is 0 Å². The summed E-state index contributed by atoms with van der Waals surface area (Å²) in [5.74, 6) is 0. The Hall–Kier alpha value is -1.42. The normalized spacial score (nSPS) is 10.5. The third kappa shape index (κ3) is 2.33. The van der Waals surface area contributed by atoms with Gasteiger partial charge in [0, 0.05) is 42.8 Å². The van der Waals surface area contributed by atoms with Crippen molar-refractivity contribution in [3.8, 4) is 0 Å². The lowest BCUT2D eigenvalue weighted by atomic mass is 10.2. The SMILES string of the molecule is CC(=S)OCCc1c[nH]c2ccncc12. The van der Waals surface area contributed by atoms with Gasteiger partial charge in [-0.15, -0.1) is 0 Å². The fourth-order valence-electron chi connectivity index (χ4n) is 1.53. The summed E-state index contributed by atoms with van der Waals surface area (Å²) in [6.45, 7) is 2.41. The van der Waals surface area contributed by atoms with E-state index in [1.165, 1.54) is 5.56 Å². The van der Waals surface area contributed by atoms with Crippen molar-refractivity contribution in [2.45, 2.75) is 13.3 Å². The maximum absolute atomic E-state index is 5.26. The van der Waals surface area contributed by atoms with Crippen molar-refractivity contribution in [3.05, 3.63) is 30.2 Å². The minimum Gasteiger partial charge on any atom is -0.487 e. The lowest BCUT2D eigenvalue weighted by molar-refractivity contribution is 0.315. The molecule has 0 spiro atoms. The molecule has 2 aromatic heterocycles. The van der Waals surface area contributed by atoms with Crippen LogP contribution in [-0.2, 0) is 11.2 Å². The summed E-state index contributed by atoms with van der Waals surface area (Å²) in [5.41, 5.74) is 2.33. The maximum atomic E-state index is 5.26. The van der Waals surface area contributed by atoms with Crippen LogP contribution < -0.4 is 0 Å². The molecule has 78 valence electrons. The van der Waals surface area contributed by atoms with E-state index in [-0.39, 0.29) is 0 Å². The van der Waals surface area contributed by atoms with Crippen LogP contribution in [0.3, 0.4) is 0 Å². The average molecular weight is 220 g/mol. The molecule has 0 aliphatic heterocycles. The first-order chi connectivity index (χ1) is 7.27. The number of pyridine rings is 1. The van der Waals surface area contributed by atoms with Crippen molar-refractivity contribution in [3.63, 3.8) is 0 Å². The largest absolute Gasteiger partial charge is 0.487 e. The molecule has 0 fully saturated rings. The summed E-state index contributed by atoms with van der Waals surface area (Å²) in [6, 6.07) is 1.96. The van der Waals surface area contributed by atoms with Gasteiger partial charge in [0.05, 0.1) is 6.61 Å². The number of hydrogen-bond donors (Lipinski definition) is 1. The van der Waals surface area contributed by atoms with Gasteiger partial charge in [-0.1, -0.05) is 0 Å². The standard InChI is InChI=1S/C11H12N2OS/c1-8(15)14-5-3-9-6-13-11-2-4-12-7-10(9)11/h2,4,6-7,13H,3,5H2,1H3. The molecular formula is C11H12N2OS. The predicted octanol–water partition coefficient (Wildman–Crippen LogP) is 2.47. The summed E-state index contributed by atoms with van der Waals surface area (Å²) in [7, 11) is 0. The van der Waals surface area contributed by atoms with Gasteiger partial charge in [0.15, 0.2) is 5.05 Å². The Morgan fingerprint density at radius 2 is 2.47 bits per heavy atom. The molecule has 4 heteroatoms. The van der Waals surface area contributed by atoms with Gasteiger partial charge in [-0.25, -0.2) is 0 Å². The molecule has 2 aromatic rings. The monoisotopic (exact) mass is 220 g/mol. The van der Waals surface area contributed by atoms with Crippen LogP contribution in [0.1, 0.15) is 12.5 Å². The van der Waals surface area contributed by atoms with Gasteiger partial charge in [0.1, 0.15) is 0 Å². The zero-order chi connectivity index (χ0) is 10.7. The van der Waals surface area contributed by atoms with Crippen molar-refractivity contribution < 1.29 is 4.74 Å². The second kappa shape index (κ2) is 4.40. The van der Waals surface area contributed by atoms with Gasteiger partial charge in [-0.2, -0.15) is 0 Å². The van der Waals surface area contributed by atoms with Crippen LogP contribution in [0, 0.1) is 0 Å². The Bertz CT molecular complexity index is 478. The Morgan fingerprint density at radius 1 is 1.60 bits per heavy atom. The molecule has 0 aliphatic rings. The molecular weight excluding hydrogens is 208 g/mol. The van der Waals surface area contributed by atoms with Crippen LogP contribution in [-0.4, -0.2) is 21.6 Å². The Balaban J connectivity index is 2.11. The van der Waals surface area contributed by atoms with Crippen LogP contribution in [0.5, 0.6) is 0 Å². The third-order valence-corrected chi connectivity index (χ3v) is 2.36. The van der Waals surface area contributed by atoms with E-state index < -0.39 is 0 Å². The van der Waals surface area contributed by atoms with E-state index in [0.717, 1.165) is 17.3 Å². The fourth-order valence-corrected chi connectivity index (χ4v) is 1.61. The molecule has 0 unspecified atom stereocenters. The minimum absolute atomic E-state index is 0.591. The molecule has 0 atom stereocenters. The highest BCUT2D eigenvalue weighted by Crippen LogP contribution is 2.16. The zero-order valence-corrected chi connectivity index (χ0v) is 9.30. The molecule has 15 heavy (non-hydrogen) atoms. The van der Waals surface area contributed by atoms with Gasteiger partial charge in [0.25, 0.3) is 0 Å². The summed E-state index contributed by atoms with van der Waals surface area (Å²) < 4.78 is 5.26. The van der Waals surface area contributed by atoms with Crippen LogP contribution in [0.25, 0.3) is 10.9 Å². The van der Waals surface area contributed by atoms with Gasteiger partial charge < -0.3 is 9.72 Å². The molecule has 0 amide bonds. The second-order valence-electron chi connectivity index (χ2n) is 3.33. The summed E-state index contributed by atoms with van der Waals surface area (Å²) in [4.78, 5) is 7.30. The minimum atomic E-state index is 0.591. The molecule has 2 rings (SSSR count). The zero-order valence-electron chi connectivity index (χ0n) is 8.49. The fraction of sp³-hybridized carbons (Fsp3) is 0.273. The number of fused-ring (bicyclic) bond motifs is 1. The number of hydrogen-bond acceptors (Lipinski definition) is 3. The van der Waals surface area contributed by atoms with E-state index in [4.69, 9.17) is 17.0 Å². The number of aromatic nitrogens is 2. The molecule has 1 N–H and O–H groups in total. The number of nitrogens with zero attached hydrogens (tertiary/aromatic N) is 1. The second-order valence-corrected chi connectivity index (χ2v) is 3.90. The smallest absolute Gasteiger partial charge is 0.156 e. The highest BCUT2D eigenvalue weighted by molar-refractivity contribution is 7.80.